The lowest BCUT2D eigenvalue weighted by molar-refractivity contribution is 0.0600. The molecular weight excluding hydrogens is 254 g/mol. The van der Waals surface area contributed by atoms with Crippen LogP contribution in [0.15, 0.2) is 24.3 Å². The molecule has 1 aliphatic rings. The molecule has 4 heteroatoms. The summed E-state index contributed by atoms with van der Waals surface area (Å²) in [6.07, 6.45) is 3.00. The minimum Gasteiger partial charge on any atom is -0.465 e. The van der Waals surface area contributed by atoms with Crippen molar-refractivity contribution in [3.05, 3.63) is 35.4 Å². The average molecular weight is 277 g/mol. The summed E-state index contributed by atoms with van der Waals surface area (Å²) in [7, 11) is 3.44. The van der Waals surface area contributed by atoms with Crippen LogP contribution in [-0.2, 0) is 11.3 Å². The van der Waals surface area contributed by atoms with E-state index in [0.29, 0.717) is 11.5 Å². The lowest BCUT2D eigenvalue weighted by Crippen LogP contribution is -2.29. The molecule has 4 nitrogen and oxygen atoms in total. The van der Waals surface area contributed by atoms with Gasteiger partial charge in [-0.3, -0.25) is 0 Å². The maximum Gasteiger partial charge on any atom is 0.337 e. The molecule has 0 radical (unpaired) electrons. The Bertz CT molecular complexity index is 461. The molecule has 1 N–H and O–H groups in total. The lowest BCUT2D eigenvalue weighted by Gasteiger charge is -2.23. The fourth-order valence-electron chi connectivity index (χ4n) is 2.92. The van der Waals surface area contributed by atoms with Gasteiger partial charge in [0.25, 0.3) is 0 Å². The number of ether oxygens (including phenoxy) is 1. The fourth-order valence-corrected chi connectivity index (χ4v) is 2.92. The van der Waals surface area contributed by atoms with E-state index in [4.69, 9.17) is 4.74 Å². The topological polar surface area (TPSA) is 49.8 Å². The number of rotatable bonds is 5. The van der Waals surface area contributed by atoms with Gasteiger partial charge in [-0.05, 0) is 43.5 Å². The van der Waals surface area contributed by atoms with Gasteiger partial charge in [0.2, 0.25) is 0 Å². The van der Waals surface area contributed by atoms with Gasteiger partial charge in [-0.15, -0.1) is 0 Å². The van der Waals surface area contributed by atoms with Gasteiger partial charge in [0, 0.05) is 13.1 Å². The van der Waals surface area contributed by atoms with E-state index in [1.807, 2.05) is 18.2 Å². The molecule has 2 unspecified atom stereocenters. The Morgan fingerprint density at radius 2 is 2.25 bits per heavy atom. The quantitative estimate of drug-likeness (QED) is 0.837. The molecule has 1 aliphatic carbocycles. The van der Waals surface area contributed by atoms with E-state index in [0.717, 1.165) is 37.9 Å². The second kappa shape index (κ2) is 6.86. The molecule has 110 valence electrons. The van der Waals surface area contributed by atoms with Crippen LogP contribution in [0.4, 0.5) is 0 Å². The number of hydrogen-bond donors (Lipinski definition) is 1. The third kappa shape index (κ3) is 3.81. The zero-order chi connectivity index (χ0) is 14.5. The van der Waals surface area contributed by atoms with Crippen molar-refractivity contribution in [2.75, 3.05) is 20.7 Å². The number of hydrogen-bond acceptors (Lipinski definition) is 4. The van der Waals surface area contributed by atoms with Crippen molar-refractivity contribution in [2.45, 2.75) is 31.9 Å². The number of nitrogens with zero attached hydrogens (tertiary/aromatic N) is 1. The Hall–Kier alpha value is -1.39. The Labute approximate surface area is 120 Å². The molecule has 0 aliphatic heterocycles. The highest BCUT2D eigenvalue weighted by Gasteiger charge is 2.26. The summed E-state index contributed by atoms with van der Waals surface area (Å²) in [6.45, 7) is 1.66. The normalized spacial score (nSPS) is 22.2. The van der Waals surface area contributed by atoms with Crippen LogP contribution in [0.3, 0.4) is 0 Å². The van der Waals surface area contributed by atoms with Gasteiger partial charge in [-0.2, -0.15) is 0 Å². The predicted molar refractivity (Wildman–Crippen MR) is 77.5 cm³/mol. The molecule has 1 saturated carbocycles. The molecule has 0 aromatic heterocycles. The summed E-state index contributed by atoms with van der Waals surface area (Å²) in [4.78, 5) is 13.7. The molecule has 0 heterocycles. The molecule has 0 amide bonds. The predicted octanol–water partition coefficient (Wildman–Crippen LogP) is 2.07. The lowest BCUT2D eigenvalue weighted by atomic mass is 10.0. The van der Waals surface area contributed by atoms with Crippen LogP contribution in [0.25, 0.3) is 0 Å². The van der Waals surface area contributed by atoms with E-state index < -0.39 is 0 Å². The molecular formula is C16H23NO3. The van der Waals surface area contributed by atoms with Crippen LogP contribution >= 0.6 is 0 Å². The van der Waals surface area contributed by atoms with Gasteiger partial charge in [0.15, 0.2) is 0 Å². The van der Waals surface area contributed by atoms with Crippen molar-refractivity contribution in [1.82, 2.24) is 4.90 Å². The maximum atomic E-state index is 11.5. The Balaban J connectivity index is 1.93. The number of carbonyl (C=O) groups excluding carboxylic acids is 1. The smallest absolute Gasteiger partial charge is 0.337 e. The number of carbonyl (C=O) groups is 1. The summed E-state index contributed by atoms with van der Waals surface area (Å²) >= 11 is 0. The van der Waals surface area contributed by atoms with Crippen LogP contribution in [0, 0.1) is 5.92 Å². The summed E-state index contributed by atoms with van der Waals surface area (Å²) in [6, 6.07) is 7.51. The van der Waals surface area contributed by atoms with E-state index in [-0.39, 0.29) is 12.1 Å². The summed E-state index contributed by atoms with van der Waals surface area (Å²) < 4.78 is 4.73. The van der Waals surface area contributed by atoms with Gasteiger partial charge in [-0.25, -0.2) is 4.79 Å². The van der Waals surface area contributed by atoms with E-state index >= 15 is 0 Å². The first-order valence-electron chi connectivity index (χ1n) is 7.14. The highest BCUT2D eigenvalue weighted by atomic mass is 16.5. The number of aliphatic hydroxyl groups excluding tert-OH is 1. The molecule has 2 atom stereocenters. The number of aliphatic hydroxyl groups is 1. The molecule has 0 bridgehead atoms. The van der Waals surface area contributed by atoms with E-state index in [2.05, 4.69) is 11.9 Å². The van der Waals surface area contributed by atoms with Gasteiger partial charge < -0.3 is 14.7 Å². The van der Waals surface area contributed by atoms with Gasteiger partial charge in [0.1, 0.15) is 0 Å². The summed E-state index contributed by atoms with van der Waals surface area (Å²) in [5, 5.41) is 9.86. The zero-order valence-electron chi connectivity index (χ0n) is 12.2. The van der Waals surface area contributed by atoms with Crippen LogP contribution in [0.1, 0.15) is 35.2 Å². The van der Waals surface area contributed by atoms with E-state index in [1.165, 1.54) is 7.11 Å². The monoisotopic (exact) mass is 277 g/mol. The van der Waals surface area contributed by atoms with Crippen LogP contribution < -0.4 is 0 Å². The third-order valence-electron chi connectivity index (χ3n) is 3.97. The second-order valence-corrected chi connectivity index (χ2v) is 5.65. The first-order chi connectivity index (χ1) is 9.60. The van der Waals surface area contributed by atoms with Crippen molar-refractivity contribution in [3.8, 4) is 0 Å². The van der Waals surface area contributed by atoms with Crippen LogP contribution in [-0.4, -0.2) is 42.8 Å². The Morgan fingerprint density at radius 3 is 2.90 bits per heavy atom. The highest BCUT2D eigenvalue weighted by molar-refractivity contribution is 5.89. The molecule has 0 saturated heterocycles. The van der Waals surface area contributed by atoms with Crippen LogP contribution in [0.2, 0.25) is 0 Å². The number of benzene rings is 1. The van der Waals surface area contributed by atoms with E-state index in [1.54, 1.807) is 6.07 Å². The minimum absolute atomic E-state index is 0.154. The summed E-state index contributed by atoms with van der Waals surface area (Å²) in [5.41, 5.74) is 1.67. The molecule has 2 rings (SSSR count). The van der Waals surface area contributed by atoms with Crippen molar-refractivity contribution >= 4 is 5.97 Å². The Kier molecular flexibility index (Phi) is 5.15. The Morgan fingerprint density at radius 1 is 1.45 bits per heavy atom. The molecule has 1 aromatic rings. The third-order valence-corrected chi connectivity index (χ3v) is 3.97. The first-order valence-corrected chi connectivity index (χ1v) is 7.14. The van der Waals surface area contributed by atoms with Gasteiger partial charge in [-0.1, -0.05) is 18.6 Å². The van der Waals surface area contributed by atoms with Crippen molar-refractivity contribution in [1.29, 1.82) is 0 Å². The summed E-state index contributed by atoms with van der Waals surface area (Å²) in [5.74, 6) is 0.0736. The number of esters is 1. The van der Waals surface area contributed by atoms with Crippen molar-refractivity contribution in [2.24, 2.45) is 5.92 Å². The minimum atomic E-state index is -0.305. The first kappa shape index (κ1) is 15.0. The molecule has 20 heavy (non-hydrogen) atoms. The number of methoxy groups -OCH3 is 1. The highest BCUT2D eigenvalue weighted by Crippen LogP contribution is 2.26. The fraction of sp³-hybridized carbons (Fsp3) is 0.562. The zero-order valence-corrected chi connectivity index (χ0v) is 12.2. The van der Waals surface area contributed by atoms with Gasteiger partial charge in [0.05, 0.1) is 18.8 Å². The van der Waals surface area contributed by atoms with Crippen molar-refractivity contribution < 1.29 is 14.6 Å². The van der Waals surface area contributed by atoms with Crippen molar-refractivity contribution in [3.63, 3.8) is 0 Å². The molecule has 1 fully saturated rings. The largest absolute Gasteiger partial charge is 0.465 e. The second-order valence-electron chi connectivity index (χ2n) is 5.65. The van der Waals surface area contributed by atoms with Gasteiger partial charge >= 0.3 is 5.97 Å². The van der Waals surface area contributed by atoms with E-state index in [9.17, 15) is 9.90 Å². The SMILES string of the molecule is COC(=O)c1cccc(CN(C)CC2CCCC2O)c1. The maximum absolute atomic E-state index is 11.5. The molecule has 0 spiro atoms. The average Bonchev–Trinajstić information content (AvgIpc) is 2.83. The molecule has 1 aromatic carbocycles. The van der Waals surface area contributed by atoms with Crippen LogP contribution in [0.5, 0.6) is 0 Å². The standard InChI is InChI=1S/C16H23NO3/c1-17(11-14-7-4-8-15(14)18)10-12-5-3-6-13(9-12)16(19)20-2/h3,5-6,9,14-15,18H,4,7-8,10-11H2,1-2H3.